The summed E-state index contributed by atoms with van der Waals surface area (Å²) in [5.41, 5.74) is 0.257. The van der Waals surface area contributed by atoms with Gasteiger partial charge in [0, 0.05) is 12.0 Å². The molecule has 0 aliphatic rings. The number of ether oxygens (including phenoxy) is 1. The standard InChI is InChI=1S/C17H26FNO2/c1-12(2)17(10-19-5,13(3)4)11-21-16(20)14-6-8-15(18)9-7-14/h6-9,12-13,19H,10-11H2,1-5H3. The van der Waals surface area contributed by atoms with Crippen LogP contribution in [0.2, 0.25) is 0 Å². The zero-order chi connectivity index (χ0) is 16.0. The van der Waals surface area contributed by atoms with Gasteiger partial charge < -0.3 is 10.1 Å². The highest BCUT2D eigenvalue weighted by atomic mass is 19.1. The first-order chi connectivity index (χ1) is 9.83. The number of rotatable bonds is 7. The van der Waals surface area contributed by atoms with Gasteiger partial charge in [-0.3, -0.25) is 0 Å². The molecular weight excluding hydrogens is 269 g/mol. The Hall–Kier alpha value is -1.42. The van der Waals surface area contributed by atoms with Crippen molar-refractivity contribution in [1.82, 2.24) is 5.32 Å². The molecule has 0 fully saturated rings. The molecule has 0 heterocycles. The predicted molar refractivity (Wildman–Crippen MR) is 82.7 cm³/mol. The summed E-state index contributed by atoms with van der Waals surface area (Å²) in [6.07, 6.45) is 0. The number of carbonyl (C=O) groups excluding carboxylic acids is 1. The molecule has 0 aliphatic carbocycles. The molecule has 1 aromatic rings. The summed E-state index contributed by atoms with van der Waals surface area (Å²) in [6.45, 7) is 9.69. The molecule has 0 amide bonds. The van der Waals surface area contributed by atoms with Gasteiger partial charge in [0.25, 0.3) is 0 Å². The van der Waals surface area contributed by atoms with Gasteiger partial charge in [-0.1, -0.05) is 27.7 Å². The number of esters is 1. The van der Waals surface area contributed by atoms with Crippen LogP contribution in [0.4, 0.5) is 4.39 Å². The molecule has 21 heavy (non-hydrogen) atoms. The highest BCUT2D eigenvalue weighted by molar-refractivity contribution is 5.89. The molecule has 1 N–H and O–H groups in total. The molecule has 1 rings (SSSR count). The monoisotopic (exact) mass is 295 g/mol. The zero-order valence-corrected chi connectivity index (χ0v) is 13.6. The quantitative estimate of drug-likeness (QED) is 0.782. The Morgan fingerprint density at radius 1 is 1.19 bits per heavy atom. The van der Waals surface area contributed by atoms with Crippen LogP contribution in [-0.2, 0) is 4.74 Å². The first kappa shape index (κ1) is 17.6. The molecule has 0 aliphatic heterocycles. The van der Waals surface area contributed by atoms with Crippen molar-refractivity contribution in [3.8, 4) is 0 Å². The number of benzene rings is 1. The maximum atomic E-state index is 12.9. The molecule has 0 bridgehead atoms. The lowest BCUT2D eigenvalue weighted by Crippen LogP contribution is -2.46. The van der Waals surface area contributed by atoms with Crippen LogP contribution in [0.1, 0.15) is 38.1 Å². The average Bonchev–Trinajstić information content (AvgIpc) is 2.43. The Morgan fingerprint density at radius 3 is 2.14 bits per heavy atom. The molecule has 118 valence electrons. The van der Waals surface area contributed by atoms with Gasteiger partial charge in [-0.2, -0.15) is 0 Å². The fourth-order valence-corrected chi connectivity index (χ4v) is 2.66. The van der Waals surface area contributed by atoms with E-state index in [1.54, 1.807) is 0 Å². The Kier molecular flexibility index (Phi) is 6.34. The second-order valence-electron chi connectivity index (χ2n) is 6.16. The van der Waals surface area contributed by atoms with E-state index in [0.29, 0.717) is 24.0 Å². The van der Waals surface area contributed by atoms with Crippen LogP contribution in [0.5, 0.6) is 0 Å². The van der Waals surface area contributed by atoms with E-state index in [9.17, 15) is 9.18 Å². The first-order valence-electron chi connectivity index (χ1n) is 7.40. The van der Waals surface area contributed by atoms with Gasteiger partial charge in [-0.15, -0.1) is 0 Å². The minimum absolute atomic E-state index is 0.121. The van der Waals surface area contributed by atoms with Crippen LogP contribution < -0.4 is 5.32 Å². The minimum atomic E-state index is -0.406. The fourth-order valence-electron chi connectivity index (χ4n) is 2.66. The molecule has 0 atom stereocenters. The summed E-state index contributed by atoms with van der Waals surface area (Å²) in [5.74, 6) is -0.0332. The van der Waals surface area contributed by atoms with Crippen LogP contribution in [0, 0.1) is 23.1 Å². The topological polar surface area (TPSA) is 38.3 Å². The zero-order valence-electron chi connectivity index (χ0n) is 13.6. The molecule has 4 heteroatoms. The van der Waals surface area contributed by atoms with Crippen LogP contribution in [-0.4, -0.2) is 26.2 Å². The second-order valence-corrected chi connectivity index (χ2v) is 6.16. The Morgan fingerprint density at radius 2 is 1.71 bits per heavy atom. The molecule has 0 aromatic heterocycles. The smallest absolute Gasteiger partial charge is 0.338 e. The number of halogens is 1. The summed E-state index contributed by atoms with van der Waals surface area (Å²) in [5, 5.41) is 3.20. The van der Waals surface area contributed by atoms with E-state index >= 15 is 0 Å². The predicted octanol–water partition coefficient (Wildman–Crippen LogP) is 3.50. The van der Waals surface area contributed by atoms with Crippen LogP contribution in [0.25, 0.3) is 0 Å². The van der Waals surface area contributed by atoms with Crippen LogP contribution in [0.3, 0.4) is 0 Å². The fraction of sp³-hybridized carbons (Fsp3) is 0.588. The van der Waals surface area contributed by atoms with Gasteiger partial charge in [0.1, 0.15) is 5.82 Å². The minimum Gasteiger partial charge on any atom is -0.461 e. The van der Waals surface area contributed by atoms with Gasteiger partial charge in [0.05, 0.1) is 12.2 Å². The third kappa shape index (κ3) is 4.27. The van der Waals surface area contributed by atoms with Crippen molar-refractivity contribution in [1.29, 1.82) is 0 Å². The summed E-state index contributed by atoms with van der Waals surface area (Å²) in [6, 6.07) is 5.43. The van der Waals surface area contributed by atoms with Crippen molar-refractivity contribution in [2.24, 2.45) is 17.3 Å². The van der Waals surface area contributed by atoms with E-state index in [-0.39, 0.29) is 11.2 Å². The molecule has 0 radical (unpaired) electrons. The molecular formula is C17H26FNO2. The molecule has 0 saturated heterocycles. The number of hydrogen-bond acceptors (Lipinski definition) is 3. The number of carbonyl (C=O) groups is 1. The van der Waals surface area contributed by atoms with Crippen molar-refractivity contribution in [2.45, 2.75) is 27.7 Å². The van der Waals surface area contributed by atoms with Crippen molar-refractivity contribution >= 4 is 5.97 Å². The highest BCUT2D eigenvalue weighted by Gasteiger charge is 2.38. The molecule has 1 aromatic carbocycles. The number of nitrogens with one attached hydrogen (secondary N) is 1. The van der Waals surface area contributed by atoms with E-state index < -0.39 is 5.97 Å². The van der Waals surface area contributed by atoms with Gasteiger partial charge in [-0.25, -0.2) is 9.18 Å². The van der Waals surface area contributed by atoms with E-state index in [2.05, 4.69) is 33.0 Å². The maximum absolute atomic E-state index is 12.9. The summed E-state index contributed by atoms with van der Waals surface area (Å²) in [4.78, 5) is 12.1. The SMILES string of the molecule is CNCC(COC(=O)c1ccc(F)cc1)(C(C)C)C(C)C. The van der Waals surface area contributed by atoms with Crippen molar-refractivity contribution < 1.29 is 13.9 Å². The van der Waals surface area contributed by atoms with E-state index in [1.807, 2.05) is 7.05 Å². The summed E-state index contributed by atoms with van der Waals surface area (Å²) in [7, 11) is 1.90. The molecule has 0 saturated carbocycles. The number of hydrogen-bond donors (Lipinski definition) is 1. The van der Waals surface area contributed by atoms with Gasteiger partial charge in [0.2, 0.25) is 0 Å². The van der Waals surface area contributed by atoms with Crippen LogP contribution in [0.15, 0.2) is 24.3 Å². The van der Waals surface area contributed by atoms with E-state index in [4.69, 9.17) is 4.74 Å². The summed E-state index contributed by atoms with van der Waals surface area (Å²) < 4.78 is 18.4. The van der Waals surface area contributed by atoms with Crippen molar-refractivity contribution in [2.75, 3.05) is 20.2 Å². The lowest BCUT2D eigenvalue weighted by atomic mass is 9.69. The summed E-state index contributed by atoms with van der Waals surface area (Å²) >= 11 is 0. The Balaban J connectivity index is 2.81. The van der Waals surface area contributed by atoms with E-state index in [1.165, 1.54) is 24.3 Å². The Labute approximate surface area is 126 Å². The molecule has 0 spiro atoms. The van der Waals surface area contributed by atoms with Crippen LogP contribution >= 0.6 is 0 Å². The molecule has 0 unspecified atom stereocenters. The average molecular weight is 295 g/mol. The van der Waals surface area contributed by atoms with Gasteiger partial charge in [-0.05, 0) is 43.1 Å². The Bertz CT molecular complexity index is 446. The third-order valence-corrected chi connectivity index (χ3v) is 4.36. The van der Waals surface area contributed by atoms with Gasteiger partial charge in [0.15, 0.2) is 0 Å². The highest BCUT2D eigenvalue weighted by Crippen LogP contribution is 2.36. The lowest BCUT2D eigenvalue weighted by molar-refractivity contribution is -0.00414. The van der Waals surface area contributed by atoms with Crippen molar-refractivity contribution in [3.05, 3.63) is 35.6 Å². The normalized spacial score (nSPS) is 12.0. The lowest BCUT2D eigenvalue weighted by Gasteiger charge is -2.40. The maximum Gasteiger partial charge on any atom is 0.338 e. The molecule has 3 nitrogen and oxygen atoms in total. The second kappa shape index (κ2) is 7.55. The largest absolute Gasteiger partial charge is 0.461 e. The third-order valence-electron chi connectivity index (χ3n) is 4.36. The first-order valence-corrected chi connectivity index (χ1v) is 7.40. The van der Waals surface area contributed by atoms with Crippen molar-refractivity contribution in [3.63, 3.8) is 0 Å². The van der Waals surface area contributed by atoms with Gasteiger partial charge >= 0.3 is 5.97 Å². The van der Waals surface area contributed by atoms with E-state index in [0.717, 1.165) is 6.54 Å².